The summed E-state index contributed by atoms with van der Waals surface area (Å²) in [6.45, 7) is 3.32. The minimum atomic E-state index is -4.38. The third-order valence-electron chi connectivity index (χ3n) is 4.13. The van der Waals surface area contributed by atoms with Gasteiger partial charge in [-0.05, 0) is 50.6 Å². The molecule has 3 nitrogen and oxygen atoms in total. The second-order valence-electron chi connectivity index (χ2n) is 5.61. The Morgan fingerprint density at radius 1 is 1.14 bits per heavy atom. The monoisotopic (exact) mass is 301 g/mol. The highest BCUT2D eigenvalue weighted by Crippen LogP contribution is 2.36. The highest BCUT2D eigenvalue weighted by molar-refractivity contribution is 5.69. The molecule has 0 amide bonds. The fourth-order valence-corrected chi connectivity index (χ4v) is 2.92. The standard InChI is InChI=1S/C15H18F3NO2/c1-14(10-13(20)21,19-8-2-3-9-19)11-4-6-12(7-5-11)15(16,17)18/h4-7H,2-3,8-10H2,1H3,(H,20,21). The molecule has 6 heteroatoms. The lowest BCUT2D eigenvalue weighted by molar-refractivity contribution is -0.140. The fourth-order valence-electron chi connectivity index (χ4n) is 2.92. The number of carboxylic acid groups (broad SMARTS) is 1. The molecule has 1 aliphatic rings. The summed E-state index contributed by atoms with van der Waals surface area (Å²) in [5.41, 5.74) is -0.878. The molecule has 1 N–H and O–H groups in total. The number of aliphatic carboxylic acids is 1. The Labute approximate surface area is 121 Å². The Hall–Kier alpha value is -1.56. The molecule has 2 rings (SSSR count). The van der Waals surface area contributed by atoms with Crippen LogP contribution in [0.1, 0.15) is 37.3 Å². The molecule has 1 saturated heterocycles. The fraction of sp³-hybridized carbons (Fsp3) is 0.533. The zero-order chi connectivity index (χ0) is 15.7. The summed E-state index contributed by atoms with van der Waals surface area (Å²) in [5.74, 6) is -0.954. The third kappa shape index (κ3) is 3.37. The Morgan fingerprint density at radius 2 is 1.62 bits per heavy atom. The summed E-state index contributed by atoms with van der Waals surface area (Å²) in [6, 6.07) is 4.82. The summed E-state index contributed by atoms with van der Waals surface area (Å²) in [7, 11) is 0. The van der Waals surface area contributed by atoms with Gasteiger partial charge in [-0.25, -0.2) is 0 Å². The molecule has 1 aromatic carbocycles. The molecule has 1 unspecified atom stereocenters. The van der Waals surface area contributed by atoms with Crippen LogP contribution in [0.2, 0.25) is 0 Å². The van der Waals surface area contributed by atoms with Gasteiger partial charge in [-0.15, -0.1) is 0 Å². The van der Waals surface area contributed by atoms with E-state index in [1.165, 1.54) is 12.1 Å². The van der Waals surface area contributed by atoms with Crippen LogP contribution < -0.4 is 0 Å². The smallest absolute Gasteiger partial charge is 0.416 e. The Bertz CT molecular complexity index is 507. The van der Waals surface area contributed by atoms with Crippen LogP contribution in [-0.4, -0.2) is 29.1 Å². The van der Waals surface area contributed by atoms with E-state index in [0.717, 1.165) is 38.1 Å². The molecule has 21 heavy (non-hydrogen) atoms. The van der Waals surface area contributed by atoms with Gasteiger partial charge in [0.25, 0.3) is 0 Å². The lowest BCUT2D eigenvalue weighted by Gasteiger charge is -2.38. The number of hydrogen-bond donors (Lipinski definition) is 1. The topological polar surface area (TPSA) is 40.5 Å². The maximum Gasteiger partial charge on any atom is 0.416 e. The number of halogens is 3. The van der Waals surface area contributed by atoms with Crippen molar-refractivity contribution >= 4 is 5.97 Å². The molecule has 1 fully saturated rings. The van der Waals surface area contributed by atoms with E-state index in [4.69, 9.17) is 5.11 Å². The zero-order valence-electron chi connectivity index (χ0n) is 11.8. The first-order valence-corrected chi connectivity index (χ1v) is 6.88. The largest absolute Gasteiger partial charge is 0.481 e. The molecule has 0 aromatic heterocycles. The van der Waals surface area contributed by atoms with Crippen molar-refractivity contribution in [2.75, 3.05) is 13.1 Å². The highest BCUT2D eigenvalue weighted by atomic mass is 19.4. The predicted octanol–water partition coefficient (Wildman–Crippen LogP) is 3.49. The van der Waals surface area contributed by atoms with E-state index in [-0.39, 0.29) is 6.42 Å². The maximum absolute atomic E-state index is 12.6. The lowest BCUT2D eigenvalue weighted by Crippen LogP contribution is -2.43. The normalized spacial score (nSPS) is 19.4. The van der Waals surface area contributed by atoms with Gasteiger partial charge >= 0.3 is 12.1 Å². The van der Waals surface area contributed by atoms with E-state index in [2.05, 4.69) is 0 Å². The van der Waals surface area contributed by atoms with Crippen molar-refractivity contribution in [3.63, 3.8) is 0 Å². The number of carbonyl (C=O) groups is 1. The average molecular weight is 301 g/mol. The van der Waals surface area contributed by atoms with Gasteiger partial charge in [0.1, 0.15) is 0 Å². The Kier molecular flexibility index (Phi) is 4.27. The first-order chi connectivity index (χ1) is 9.73. The van der Waals surface area contributed by atoms with Crippen LogP contribution in [-0.2, 0) is 16.5 Å². The molecule has 116 valence electrons. The van der Waals surface area contributed by atoms with E-state index < -0.39 is 23.2 Å². The average Bonchev–Trinajstić information content (AvgIpc) is 2.91. The molecule has 0 saturated carbocycles. The number of likely N-dealkylation sites (tertiary alicyclic amines) is 1. The molecule has 0 aliphatic carbocycles. The first kappa shape index (κ1) is 15.8. The van der Waals surface area contributed by atoms with Gasteiger partial charge in [-0.2, -0.15) is 13.2 Å². The van der Waals surface area contributed by atoms with Gasteiger partial charge in [0.05, 0.1) is 17.5 Å². The number of nitrogens with zero attached hydrogens (tertiary/aromatic N) is 1. The predicted molar refractivity (Wildman–Crippen MR) is 71.9 cm³/mol. The summed E-state index contributed by atoms with van der Waals surface area (Å²) in [5, 5.41) is 9.15. The number of alkyl halides is 3. The second-order valence-corrected chi connectivity index (χ2v) is 5.61. The molecule has 1 heterocycles. The van der Waals surface area contributed by atoms with Crippen molar-refractivity contribution < 1.29 is 23.1 Å². The van der Waals surface area contributed by atoms with E-state index >= 15 is 0 Å². The van der Waals surface area contributed by atoms with Gasteiger partial charge < -0.3 is 5.11 Å². The minimum absolute atomic E-state index is 0.127. The van der Waals surface area contributed by atoms with Crippen LogP contribution in [0.15, 0.2) is 24.3 Å². The summed E-state index contributed by atoms with van der Waals surface area (Å²) < 4.78 is 37.9. The molecule has 0 bridgehead atoms. The van der Waals surface area contributed by atoms with E-state index in [1.807, 2.05) is 4.90 Å². The first-order valence-electron chi connectivity index (χ1n) is 6.88. The molecule has 0 spiro atoms. The quantitative estimate of drug-likeness (QED) is 0.925. The lowest BCUT2D eigenvalue weighted by atomic mass is 9.86. The van der Waals surface area contributed by atoms with Gasteiger partial charge in [0.2, 0.25) is 0 Å². The summed E-state index contributed by atoms with van der Waals surface area (Å²) in [6.07, 6.45) is -2.54. The van der Waals surface area contributed by atoms with Crippen molar-refractivity contribution in [1.29, 1.82) is 0 Å². The van der Waals surface area contributed by atoms with Gasteiger partial charge in [-0.1, -0.05) is 12.1 Å². The summed E-state index contributed by atoms with van der Waals surface area (Å²) >= 11 is 0. The number of rotatable bonds is 4. The maximum atomic E-state index is 12.6. The van der Waals surface area contributed by atoms with Gasteiger partial charge in [0, 0.05) is 0 Å². The van der Waals surface area contributed by atoms with Crippen molar-refractivity contribution in [2.24, 2.45) is 0 Å². The number of hydrogen-bond acceptors (Lipinski definition) is 2. The Morgan fingerprint density at radius 3 is 2.05 bits per heavy atom. The van der Waals surface area contributed by atoms with Crippen molar-refractivity contribution in [1.82, 2.24) is 4.90 Å². The van der Waals surface area contributed by atoms with Gasteiger partial charge in [-0.3, -0.25) is 9.69 Å². The minimum Gasteiger partial charge on any atom is -0.481 e. The Balaban J connectivity index is 2.34. The van der Waals surface area contributed by atoms with Crippen LogP contribution in [0.3, 0.4) is 0 Å². The molecule has 0 radical (unpaired) electrons. The van der Waals surface area contributed by atoms with E-state index in [9.17, 15) is 18.0 Å². The van der Waals surface area contributed by atoms with Crippen LogP contribution in [0.5, 0.6) is 0 Å². The molecular weight excluding hydrogens is 283 g/mol. The number of benzene rings is 1. The van der Waals surface area contributed by atoms with Crippen molar-refractivity contribution in [2.45, 2.75) is 37.9 Å². The van der Waals surface area contributed by atoms with E-state index in [1.54, 1.807) is 6.92 Å². The number of carboxylic acids is 1. The van der Waals surface area contributed by atoms with Crippen LogP contribution in [0.25, 0.3) is 0 Å². The van der Waals surface area contributed by atoms with E-state index in [0.29, 0.717) is 5.56 Å². The second kappa shape index (κ2) is 5.67. The zero-order valence-corrected chi connectivity index (χ0v) is 11.8. The molecule has 1 aliphatic heterocycles. The van der Waals surface area contributed by atoms with Crippen molar-refractivity contribution in [3.05, 3.63) is 35.4 Å². The van der Waals surface area contributed by atoms with Crippen LogP contribution in [0, 0.1) is 0 Å². The molecule has 1 atom stereocenters. The molecule has 1 aromatic rings. The van der Waals surface area contributed by atoms with Crippen molar-refractivity contribution in [3.8, 4) is 0 Å². The van der Waals surface area contributed by atoms with Crippen LogP contribution in [0.4, 0.5) is 13.2 Å². The molecular formula is C15H18F3NO2. The third-order valence-corrected chi connectivity index (χ3v) is 4.13. The summed E-state index contributed by atoms with van der Waals surface area (Å²) in [4.78, 5) is 13.2. The highest BCUT2D eigenvalue weighted by Gasteiger charge is 2.38. The van der Waals surface area contributed by atoms with Gasteiger partial charge in [0.15, 0.2) is 0 Å². The SMILES string of the molecule is CC(CC(=O)O)(c1ccc(C(F)(F)F)cc1)N1CCCC1. The van der Waals surface area contributed by atoms with Crippen LogP contribution >= 0.6 is 0 Å².